The molecule has 2 nitrogen and oxygen atoms in total. The van der Waals surface area contributed by atoms with Crippen LogP contribution in [-0.4, -0.2) is 50.6 Å². The Bertz CT molecular complexity index is 95.4. The first-order valence-electron chi connectivity index (χ1n) is 4.02. The second-order valence-corrected chi connectivity index (χ2v) is 3.68. The van der Waals surface area contributed by atoms with Crippen molar-refractivity contribution in [2.45, 2.75) is 6.42 Å². The molecular formula is C8H18N2. The molecule has 0 saturated carbocycles. The van der Waals surface area contributed by atoms with Crippen LogP contribution in [-0.2, 0) is 0 Å². The van der Waals surface area contributed by atoms with Crippen molar-refractivity contribution in [2.24, 2.45) is 5.92 Å². The summed E-state index contributed by atoms with van der Waals surface area (Å²) < 4.78 is 0. The van der Waals surface area contributed by atoms with E-state index in [1.165, 1.54) is 26.1 Å². The van der Waals surface area contributed by atoms with Crippen molar-refractivity contribution in [3.63, 3.8) is 0 Å². The van der Waals surface area contributed by atoms with Crippen molar-refractivity contribution in [1.82, 2.24) is 9.80 Å². The topological polar surface area (TPSA) is 6.48 Å². The third-order valence-electron chi connectivity index (χ3n) is 2.12. The lowest BCUT2D eigenvalue weighted by Gasteiger charge is -2.36. The predicted octanol–water partition coefficient (Wildman–Crippen LogP) is 0.500. The molecule has 0 radical (unpaired) electrons. The molecule has 1 saturated heterocycles. The fourth-order valence-electron chi connectivity index (χ4n) is 1.45. The summed E-state index contributed by atoms with van der Waals surface area (Å²) in [7, 11) is 6.47. The van der Waals surface area contributed by atoms with Gasteiger partial charge in [0.1, 0.15) is 0 Å². The lowest BCUT2D eigenvalue weighted by atomic mass is 9.97. The summed E-state index contributed by atoms with van der Waals surface area (Å²) in [6, 6.07) is 0. The van der Waals surface area contributed by atoms with Crippen LogP contribution in [0.4, 0.5) is 0 Å². The van der Waals surface area contributed by atoms with Gasteiger partial charge in [-0.05, 0) is 40.0 Å². The Hall–Kier alpha value is -0.0800. The molecule has 2 heteroatoms. The molecule has 1 rings (SSSR count). The molecule has 1 aliphatic heterocycles. The van der Waals surface area contributed by atoms with Crippen LogP contribution in [0.1, 0.15) is 6.42 Å². The van der Waals surface area contributed by atoms with Crippen molar-refractivity contribution in [3.05, 3.63) is 0 Å². The first kappa shape index (κ1) is 8.02. The van der Waals surface area contributed by atoms with Crippen LogP contribution < -0.4 is 0 Å². The van der Waals surface area contributed by atoms with Crippen molar-refractivity contribution in [3.8, 4) is 0 Å². The van der Waals surface area contributed by atoms with E-state index in [0.717, 1.165) is 5.92 Å². The number of hydrogen-bond donors (Lipinski definition) is 0. The molecule has 10 heavy (non-hydrogen) atoms. The third-order valence-corrected chi connectivity index (χ3v) is 2.12. The summed E-state index contributed by atoms with van der Waals surface area (Å²) in [4.78, 5) is 4.64. The van der Waals surface area contributed by atoms with Gasteiger partial charge in [-0.3, -0.25) is 0 Å². The second-order valence-electron chi connectivity index (χ2n) is 3.68. The van der Waals surface area contributed by atoms with E-state index in [0.29, 0.717) is 0 Å². The monoisotopic (exact) mass is 142 g/mol. The molecule has 1 fully saturated rings. The van der Waals surface area contributed by atoms with Crippen molar-refractivity contribution < 1.29 is 0 Å². The van der Waals surface area contributed by atoms with Crippen molar-refractivity contribution in [1.29, 1.82) is 0 Å². The van der Waals surface area contributed by atoms with Gasteiger partial charge in [0.25, 0.3) is 0 Å². The molecule has 0 aromatic heterocycles. The van der Waals surface area contributed by atoms with Crippen LogP contribution in [0.25, 0.3) is 0 Å². The van der Waals surface area contributed by atoms with E-state index in [1.807, 2.05) is 0 Å². The average Bonchev–Trinajstić information content (AvgIpc) is 1.77. The maximum atomic E-state index is 2.38. The summed E-state index contributed by atoms with van der Waals surface area (Å²) in [5.74, 6) is 0.979. The van der Waals surface area contributed by atoms with E-state index in [1.54, 1.807) is 0 Å². The lowest BCUT2D eigenvalue weighted by Crippen LogP contribution is -2.44. The van der Waals surface area contributed by atoms with E-state index >= 15 is 0 Å². The van der Waals surface area contributed by atoms with Crippen molar-refractivity contribution in [2.75, 3.05) is 40.8 Å². The lowest BCUT2D eigenvalue weighted by molar-refractivity contribution is 0.119. The number of hydrogen-bond acceptors (Lipinski definition) is 2. The molecule has 60 valence electrons. The Morgan fingerprint density at radius 2 is 2.00 bits per heavy atom. The Labute approximate surface area is 63.8 Å². The Morgan fingerprint density at radius 3 is 2.40 bits per heavy atom. The van der Waals surface area contributed by atoms with E-state index in [9.17, 15) is 0 Å². The maximum absolute atomic E-state index is 2.38. The van der Waals surface area contributed by atoms with Crippen LogP contribution in [0.5, 0.6) is 0 Å². The Balaban J connectivity index is 1.95. The van der Waals surface area contributed by atoms with E-state index < -0.39 is 0 Å². The van der Waals surface area contributed by atoms with Gasteiger partial charge in [0.15, 0.2) is 0 Å². The summed E-state index contributed by atoms with van der Waals surface area (Å²) in [5.41, 5.74) is 0. The minimum atomic E-state index is 0.979. The van der Waals surface area contributed by atoms with Crippen LogP contribution >= 0.6 is 0 Å². The summed E-state index contributed by atoms with van der Waals surface area (Å²) >= 11 is 0. The number of nitrogens with zero attached hydrogens (tertiary/aromatic N) is 2. The predicted molar refractivity (Wildman–Crippen MR) is 44.2 cm³/mol. The Kier molecular flexibility index (Phi) is 2.69. The van der Waals surface area contributed by atoms with E-state index in [-0.39, 0.29) is 0 Å². The highest BCUT2D eigenvalue weighted by atomic mass is 15.2. The molecule has 0 N–H and O–H groups in total. The fraction of sp³-hybridized carbons (Fsp3) is 1.00. The minimum Gasteiger partial charge on any atom is -0.309 e. The molecule has 0 unspecified atom stereocenters. The van der Waals surface area contributed by atoms with E-state index in [2.05, 4.69) is 30.9 Å². The van der Waals surface area contributed by atoms with Gasteiger partial charge >= 0.3 is 0 Å². The van der Waals surface area contributed by atoms with Crippen LogP contribution in [0, 0.1) is 5.92 Å². The maximum Gasteiger partial charge on any atom is 0.00194 e. The Morgan fingerprint density at radius 1 is 1.40 bits per heavy atom. The average molecular weight is 142 g/mol. The zero-order chi connectivity index (χ0) is 7.56. The van der Waals surface area contributed by atoms with Gasteiger partial charge in [-0.1, -0.05) is 0 Å². The van der Waals surface area contributed by atoms with Gasteiger partial charge in [-0.2, -0.15) is 0 Å². The second kappa shape index (κ2) is 3.35. The fourth-order valence-corrected chi connectivity index (χ4v) is 1.45. The van der Waals surface area contributed by atoms with E-state index in [4.69, 9.17) is 0 Å². The summed E-state index contributed by atoms with van der Waals surface area (Å²) in [6.07, 6.45) is 1.37. The molecular weight excluding hydrogens is 124 g/mol. The van der Waals surface area contributed by atoms with Gasteiger partial charge in [-0.15, -0.1) is 0 Å². The first-order chi connectivity index (χ1) is 4.68. The zero-order valence-electron chi connectivity index (χ0n) is 7.30. The molecule has 0 amide bonds. The molecule has 1 aliphatic rings. The largest absolute Gasteiger partial charge is 0.309 e. The van der Waals surface area contributed by atoms with Crippen LogP contribution in [0.2, 0.25) is 0 Å². The van der Waals surface area contributed by atoms with Crippen molar-refractivity contribution >= 4 is 0 Å². The quantitative estimate of drug-likeness (QED) is 0.566. The highest BCUT2D eigenvalue weighted by Crippen LogP contribution is 2.16. The zero-order valence-corrected chi connectivity index (χ0v) is 7.30. The highest BCUT2D eigenvalue weighted by molar-refractivity contribution is 4.76. The van der Waals surface area contributed by atoms with Gasteiger partial charge < -0.3 is 9.80 Å². The number of likely N-dealkylation sites (tertiary alicyclic amines) is 1. The smallest absolute Gasteiger partial charge is 0.00194 e. The van der Waals surface area contributed by atoms with Gasteiger partial charge in [0.05, 0.1) is 0 Å². The first-order valence-corrected chi connectivity index (χ1v) is 4.02. The number of rotatable bonds is 3. The third kappa shape index (κ3) is 2.27. The molecule has 0 aromatic rings. The van der Waals surface area contributed by atoms with Gasteiger partial charge in [0, 0.05) is 13.1 Å². The van der Waals surface area contributed by atoms with Crippen LogP contribution in [0.3, 0.4) is 0 Å². The van der Waals surface area contributed by atoms with Crippen LogP contribution in [0.15, 0.2) is 0 Å². The minimum absolute atomic E-state index is 0.979. The molecule has 0 atom stereocenters. The molecule has 0 bridgehead atoms. The van der Waals surface area contributed by atoms with Gasteiger partial charge in [0.2, 0.25) is 0 Å². The summed E-state index contributed by atoms with van der Waals surface area (Å²) in [5, 5.41) is 0. The summed E-state index contributed by atoms with van der Waals surface area (Å²) in [6.45, 7) is 3.88. The molecule has 0 spiro atoms. The standard InChI is InChI=1S/C8H18N2/c1-9(2)5-4-8-6-10(3)7-8/h8H,4-7H2,1-3H3. The molecule has 0 aromatic carbocycles. The molecule has 1 heterocycles. The molecule has 0 aliphatic carbocycles. The normalized spacial score (nSPS) is 21.6. The SMILES string of the molecule is CN(C)CCC1CN(C)C1. The highest BCUT2D eigenvalue weighted by Gasteiger charge is 2.22. The van der Waals surface area contributed by atoms with Gasteiger partial charge in [-0.25, -0.2) is 0 Å².